The average Bonchev–Trinajstić information content (AvgIpc) is 2.35. The molecule has 92 valence electrons. The van der Waals surface area contributed by atoms with E-state index in [4.69, 9.17) is 0 Å². The van der Waals surface area contributed by atoms with Gasteiger partial charge in [0.25, 0.3) is 0 Å². The van der Waals surface area contributed by atoms with Gasteiger partial charge in [-0.05, 0) is 12.3 Å². The highest BCUT2D eigenvalue weighted by Gasteiger charge is 2.12. The van der Waals surface area contributed by atoms with E-state index in [1.54, 1.807) is 7.05 Å². The minimum Gasteiger partial charge on any atom is -0.356 e. The first kappa shape index (κ1) is 13.1. The number of aliphatic imine (C=N–C) groups is 1. The zero-order valence-corrected chi connectivity index (χ0v) is 10.5. The van der Waals surface area contributed by atoms with Gasteiger partial charge in [0, 0.05) is 20.1 Å². The Kier molecular flexibility index (Phi) is 6.70. The molecule has 1 aliphatic carbocycles. The number of rotatable bonds is 5. The number of nitrogens with zero attached hydrogens (tertiary/aromatic N) is 1. The summed E-state index contributed by atoms with van der Waals surface area (Å²) in [4.78, 5) is 4.15. The monoisotopic (exact) mass is 223 g/mol. The van der Waals surface area contributed by atoms with Gasteiger partial charge in [-0.25, -0.2) is 0 Å². The lowest BCUT2D eigenvalue weighted by molar-refractivity contribution is 0.339. The smallest absolute Gasteiger partial charge is 0.191 e. The molecule has 0 aromatic carbocycles. The van der Waals surface area contributed by atoms with Gasteiger partial charge in [-0.1, -0.05) is 38.2 Å². The van der Waals surface area contributed by atoms with Gasteiger partial charge in [-0.3, -0.25) is 4.99 Å². The summed E-state index contributed by atoms with van der Waals surface area (Å²) >= 11 is 0. The first-order valence-corrected chi connectivity index (χ1v) is 6.42. The third-order valence-corrected chi connectivity index (χ3v) is 3.21. The van der Waals surface area contributed by atoms with Crippen LogP contribution in [0.15, 0.2) is 17.6 Å². The van der Waals surface area contributed by atoms with Crippen LogP contribution in [-0.4, -0.2) is 26.1 Å². The minimum atomic E-state index is 0.767. The van der Waals surface area contributed by atoms with Crippen LogP contribution in [0.4, 0.5) is 0 Å². The van der Waals surface area contributed by atoms with Gasteiger partial charge >= 0.3 is 0 Å². The molecule has 3 heteroatoms. The standard InChI is InChI=1S/C13H25N3/c1-3-10-15-13(14-2)16-11-9-12-7-5-4-6-8-12/h3,12H,1,4-11H2,2H3,(H2,14,15,16). The Morgan fingerprint density at radius 1 is 1.31 bits per heavy atom. The lowest BCUT2D eigenvalue weighted by atomic mass is 9.87. The van der Waals surface area contributed by atoms with Gasteiger partial charge in [-0.2, -0.15) is 0 Å². The predicted molar refractivity (Wildman–Crippen MR) is 70.8 cm³/mol. The molecular weight excluding hydrogens is 198 g/mol. The van der Waals surface area contributed by atoms with Crippen molar-refractivity contribution >= 4 is 5.96 Å². The summed E-state index contributed by atoms with van der Waals surface area (Å²) < 4.78 is 0. The third-order valence-electron chi connectivity index (χ3n) is 3.21. The van der Waals surface area contributed by atoms with Crippen molar-refractivity contribution in [3.63, 3.8) is 0 Å². The molecule has 0 spiro atoms. The van der Waals surface area contributed by atoms with E-state index in [0.717, 1.165) is 25.0 Å². The van der Waals surface area contributed by atoms with Crippen LogP contribution in [0.25, 0.3) is 0 Å². The van der Waals surface area contributed by atoms with Crippen molar-refractivity contribution in [3.8, 4) is 0 Å². The van der Waals surface area contributed by atoms with Gasteiger partial charge in [-0.15, -0.1) is 6.58 Å². The summed E-state index contributed by atoms with van der Waals surface area (Å²) in [5, 5.41) is 6.52. The number of guanidine groups is 1. The van der Waals surface area contributed by atoms with Gasteiger partial charge in [0.05, 0.1) is 0 Å². The Morgan fingerprint density at radius 2 is 2.06 bits per heavy atom. The van der Waals surface area contributed by atoms with E-state index in [0.29, 0.717) is 0 Å². The quantitative estimate of drug-likeness (QED) is 0.426. The van der Waals surface area contributed by atoms with Crippen LogP contribution in [0.2, 0.25) is 0 Å². The van der Waals surface area contributed by atoms with E-state index in [2.05, 4.69) is 22.2 Å². The fraction of sp³-hybridized carbons (Fsp3) is 0.769. The maximum Gasteiger partial charge on any atom is 0.191 e. The lowest BCUT2D eigenvalue weighted by Gasteiger charge is -2.21. The Bertz CT molecular complexity index is 217. The Balaban J connectivity index is 2.10. The normalized spacial score (nSPS) is 18.2. The second kappa shape index (κ2) is 8.20. The van der Waals surface area contributed by atoms with Crippen molar-refractivity contribution in [2.24, 2.45) is 10.9 Å². The van der Waals surface area contributed by atoms with Crippen molar-refractivity contribution in [2.45, 2.75) is 38.5 Å². The molecule has 1 rings (SSSR count). The molecule has 0 heterocycles. The highest BCUT2D eigenvalue weighted by molar-refractivity contribution is 5.79. The Hall–Kier alpha value is -0.990. The number of hydrogen-bond acceptors (Lipinski definition) is 1. The van der Waals surface area contributed by atoms with Gasteiger partial charge in [0.15, 0.2) is 5.96 Å². The molecule has 0 radical (unpaired) electrons. The summed E-state index contributed by atoms with van der Waals surface area (Å²) in [6, 6.07) is 0. The van der Waals surface area contributed by atoms with E-state index < -0.39 is 0 Å². The molecule has 0 aliphatic heterocycles. The first-order valence-electron chi connectivity index (χ1n) is 6.42. The van der Waals surface area contributed by atoms with Crippen LogP contribution in [-0.2, 0) is 0 Å². The van der Waals surface area contributed by atoms with Crippen molar-refractivity contribution in [3.05, 3.63) is 12.7 Å². The Morgan fingerprint density at radius 3 is 2.69 bits per heavy atom. The summed E-state index contributed by atoms with van der Waals surface area (Å²) in [5.41, 5.74) is 0. The maximum absolute atomic E-state index is 4.15. The highest BCUT2D eigenvalue weighted by Crippen LogP contribution is 2.25. The van der Waals surface area contributed by atoms with Crippen molar-refractivity contribution in [1.29, 1.82) is 0 Å². The largest absolute Gasteiger partial charge is 0.356 e. The minimum absolute atomic E-state index is 0.767. The van der Waals surface area contributed by atoms with Crippen LogP contribution in [0.1, 0.15) is 38.5 Å². The third kappa shape index (κ3) is 5.19. The highest BCUT2D eigenvalue weighted by atomic mass is 15.2. The molecule has 1 saturated carbocycles. The van der Waals surface area contributed by atoms with Gasteiger partial charge in [0.2, 0.25) is 0 Å². The number of hydrogen-bond donors (Lipinski definition) is 2. The van der Waals surface area contributed by atoms with E-state index in [-0.39, 0.29) is 0 Å². The molecule has 0 unspecified atom stereocenters. The molecule has 2 N–H and O–H groups in total. The van der Waals surface area contributed by atoms with E-state index >= 15 is 0 Å². The lowest BCUT2D eigenvalue weighted by Crippen LogP contribution is -2.38. The zero-order chi connectivity index (χ0) is 11.6. The second-order valence-electron chi connectivity index (χ2n) is 4.46. The van der Waals surface area contributed by atoms with Crippen molar-refractivity contribution in [1.82, 2.24) is 10.6 Å². The summed E-state index contributed by atoms with van der Waals surface area (Å²) in [5.74, 6) is 1.81. The molecule has 0 aromatic heterocycles. The fourth-order valence-electron chi connectivity index (χ4n) is 2.26. The van der Waals surface area contributed by atoms with Gasteiger partial charge < -0.3 is 10.6 Å². The maximum atomic E-state index is 4.15. The first-order chi connectivity index (χ1) is 7.86. The average molecular weight is 223 g/mol. The number of nitrogens with one attached hydrogen (secondary N) is 2. The van der Waals surface area contributed by atoms with Crippen LogP contribution in [0, 0.1) is 5.92 Å². The molecule has 3 nitrogen and oxygen atoms in total. The van der Waals surface area contributed by atoms with E-state index in [1.165, 1.54) is 38.5 Å². The van der Waals surface area contributed by atoms with Crippen LogP contribution >= 0.6 is 0 Å². The molecule has 0 saturated heterocycles. The van der Waals surface area contributed by atoms with E-state index in [9.17, 15) is 0 Å². The molecule has 0 bridgehead atoms. The summed E-state index contributed by atoms with van der Waals surface area (Å²) in [6.07, 6.45) is 10.2. The molecular formula is C13H25N3. The predicted octanol–water partition coefficient (Wildman–Crippen LogP) is 2.31. The van der Waals surface area contributed by atoms with Crippen LogP contribution < -0.4 is 10.6 Å². The molecule has 0 aromatic rings. The summed E-state index contributed by atoms with van der Waals surface area (Å²) in [6.45, 7) is 5.47. The Labute approximate surface area is 99.4 Å². The summed E-state index contributed by atoms with van der Waals surface area (Å²) in [7, 11) is 1.80. The fourth-order valence-corrected chi connectivity index (χ4v) is 2.26. The molecule has 0 amide bonds. The van der Waals surface area contributed by atoms with Crippen molar-refractivity contribution in [2.75, 3.05) is 20.1 Å². The van der Waals surface area contributed by atoms with Gasteiger partial charge in [0.1, 0.15) is 0 Å². The topological polar surface area (TPSA) is 36.4 Å². The van der Waals surface area contributed by atoms with E-state index in [1.807, 2.05) is 6.08 Å². The van der Waals surface area contributed by atoms with Crippen LogP contribution in [0.5, 0.6) is 0 Å². The van der Waals surface area contributed by atoms with Crippen molar-refractivity contribution < 1.29 is 0 Å². The van der Waals surface area contributed by atoms with Crippen LogP contribution in [0.3, 0.4) is 0 Å². The molecule has 16 heavy (non-hydrogen) atoms. The second-order valence-corrected chi connectivity index (χ2v) is 4.46. The molecule has 1 fully saturated rings. The molecule has 1 aliphatic rings. The SMILES string of the molecule is C=CCNC(=NC)NCCC1CCCCC1. The molecule has 0 atom stereocenters. The zero-order valence-electron chi connectivity index (χ0n) is 10.5.